The molecule has 1 aliphatic heterocycles. The average Bonchev–Trinajstić information content (AvgIpc) is 3.18. The number of carbonyl (C=O) groups is 3. The minimum absolute atomic E-state index is 0.127. The number of hydrogen-bond acceptors (Lipinski definition) is 7. The Labute approximate surface area is 225 Å². The van der Waals surface area contributed by atoms with Gasteiger partial charge in [0, 0.05) is 11.8 Å². The van der Waals surface area contributed by atoms with Crippen molar-refractivity contribution in [2.75, 3.05) is 25.7 Å². The summed E-state index contributed by atoms with van der Waals surface area (Å²) >= 11 is 6.33. The molecule has 4 rings (SSSR count). The van der Waals surface area contributed by atoms with Crippen LogP contribution in [0.5, 0.6) is 11.5 Å². The Morgan fingerprint density at radius 1 is 1.00 bits per heavy atom. The number of rotatable bonds is 7. The lowest BCUT2D eigenvalue weighted by Gasteiger charge is -2.27. The van der Waals surface area contributed by atoms with Gasteiger partial charge >= 0.3 is 5.97 Å². The number of aryl methyl sites for hydroxylation is 1. The van der Waals surface area contributed by atoms with Crippen molar-refractivity contribution in [3.8, 4) is 11.5 Å². The fourth-order valence-electron chi connectivity index (χ4n) is 4.45. The molecule has 0 saturated carbocycles. The first-order valence-electron chi connectivity index (χ1n) is 11.8. The molecule has 3 aromatic carbocycles. The summed E-state index contributed by atoms with van der Waals surface area (Å²) in [6.07, 6.45) is 0. The monoisotopic (exact) mass is 535 g/mol. The van der Waals surface area contributed by atoms with Crippen LogP contribution < -0.4 is 14.4 Å². The van der Waals surface area contributed by atoms with Crippen LogP contribution in [0.15, 0.2) is 66.2 Å². The van der Waals surface area contributed by atoms with E-state index in [0.717, 1.165) is 5.56 Å². The number of amides is 1. The van der Waals surface area contributed by atoms with Crippen molar-refractivity contribution in [3.63, 3.8) is 0 Å². The number of esters is 1. The lowest BCUT2D eigenvalue weighted by Crippen LogP contribution is -2.29. The molecule has 1 N–H and O–H groups in total. The Bertz CT molecular complexity index is 1450. The van der Waals surface area contributed by atoms with Gasteiger partial charge in [-0.25, -0.2) is 4.79 Å². The summed E-state index contributed by atoms with van der Waals surface area (Å²) in [4.78, 5) is 40.4. The number of nitrogens with zero attached hydrogens (tertiary/aromatic N) is 1. The van der Waals surface area contributed by atoms with E-state index in [1.165, 1.54) is 43.4 Å². The van der Waals surface area contributed by atoms with E-state index in [1.54, 1.807) is 31.2 Å². The Morgan fingerprint density at radius 3 is 2.26 bits per heavy atom. The van der Waals surface area contributed by atoms with Crippen LogP contribution in [0.3, 0.4) is 0 Å². The number of carbonyl (C=O) groups excluding carboxylic acids is 3. The number of Topliss-reactive ketones (excluding diaryl/α,β-unsaturated/α-hetero) is 1. The summed E-state index contributed by atoms with van der Waals surface area (Å²) in [5, 5.41) is 11.7. The predicted molar refractivity (Wildman–Crippen MR) is 143 cm³/mol. The highest BCUT2D eigenvalue weighted by atomic mass is 35.5. The molecule has 1 heterocycles. The molecular weight excluding hydrogens is 510 g/mol. The third kappa shape index (κ3) is 4.70. The van der Waals surface area contributed by atoms with Gasteiger partial charge in [0.2, 0.25) is 0 Å². The number of ether oxygens (including phenoxy) is 3. The van der Waals surface area contributed by atoms with Crippen LogP contribution in [-0.2, 0) is 14.3 Å². The number of hydrogen-bond donors (Lipinski definition) is 1. The van der Waals surface area contributed by atoms with Crippen LogP contribution in [-0.4, -0.2) is 43.6 Å². The summed E-state index contributed by atoms with van der Waals surface area (Å²) < 4.78 is 15.7. The topological polar surface area (TPSA) is 102 Å². The van der Waals surface area contributed by atoms with Gasteiger partial charge in [-0.05, 0) is 55.3 Å². The molecule has 1 aliphatic rings. The van der Waals surface area contributed by atoms with Crippen molar-refractivity contribution < 1.29 is 33.7 Å². The number of halogens is 1. The summed E-state index contributed by atoms with van der Waals surface area (Å²) in [6, 6.07) is 15.4. The molecule has 3 aromatic rings. The Balaban J connectivity index is 1.93. The van der Waals surface area contributed by atoms with E-state index in [0.29, 0.717) is 22.6 Å². The number of aliphatic hydroxyl groups is 1. The molecule has 0 aromatic heterocycles. The zero-order valence-electron chi connectivity index (χ0n) is 21.3. The maximum absolute atomic E-state index is 13.5. The smallest absolute Gasteiger partial charge is 0.338 e. The molecule has 0 bridgehead atoms. The molecule has 0 aliphatic carbocycles. The highest BCUT2D eigenvalue weighted by Gasteiger charge is 2.47. The molecule has 8 nitrogen and oxygen atoms in total. The Morgan fingerprint density at radius 2 is 1.66 bits per heavy atom. The van der Waals surface area contributed by atoms with Crippen molar-refractivity contribution >= 4 is 40.7 Å². The van der Waals surface area contributed by atoms with Crippen molar-refractivity contribution in [1.82, 2.24) is 0 Å². The molecule has 1 amide bonds. The van der Waals surface area contributed by atoms with E-state index in [1.807, 2.05) is 19.1 Å². The van der Waals surface area contributed by atoms with Crippen molar-refractivity contribution in [2.24, 2.45) is 0 Å². The molecule has 0 radical (unpaired) electrons. The minimum atomic E-state index is -0.963. The maximum Gasteiger partial charge on any atom is 0.338 e. The van der Waals surface area contributed by atoms with E-state index < -0.39 is 29.5 Å². The molecule has 196 valence electrons. The average molecular weight is 536 g/mol. The van der Waals surface area contributed by atoms with Gasteiger partial charge in [-0.3, -0.25) is 14.5 Å². The van der Waals surface area contributed by atoms with Gasteiger partial charge in [-0.2, -0.15) is 0 Å². The fraction of sp³-hybridized carbons (Fsp3) is 0.207. The zero-order valence-corrected chi connectivity index (χ0v) is 22.0. The van der Waals surface area contributed by atoms with Crippen LogP contribution in [0, 0.1) is 6.92 Å². The van der Waals surface area contributed by atoms with Gasteiger partial charge in [0.05, 0.1) is 48.6 Å². The standard InChI is InChI=1S/C29H26ClNO7/c1-5-38-29(35)17-10-12-18(13-11-17)31-25(19-9-7-6-8-16(19)2)24(27(33)28(31)34)26(32)20-14-21(30)23(37-4)15-22(20)36-3/h6-15,25,32H,5H2,1-4H3/b26-24+. The predicted octanol–water partition coefficient (Wildman–Crippen LogP) is 5.47. The SMILES string of the molecule is CCOC(=O)c1ccc(N2C(=O)C(=O)/C(=C(/O)c3cc(Cl)c(OC)cc3OC)C2c2ccccc2C)cc1. The lowest BCUT2D eigenvalue weighted by atomic mass is 9.92. The van der Waals surface area contributed by atoms with Crippen LogP contribution in [0.1, 0.15) is 40.0 Å². The van der Waals surface area contributed by atoms with Crippen LogP contribution in [0.2, 0.25) is 5.02 Å². The quantitative estimate of drug-likeness (QED) is 0.185. The molecule has 1 atom stereocenters. The normalized spacial score (nSPS) is 16.4. The first kappa shape index (κ1) is 26.8. The van der Waals surface area contributed by atoms with E-state index >= 15 is 0 Å². The summed E-state index contributed by atoms with van der Waals surface area (Å²) in [5.74, 6) is -2.12. The number of ketones is 1. The van der Waals surface area contributed by atoms with Crippen molar-refractivity contribution in [3.05, 3.63) is 93.5 Å². The summed E-state index contributed by atoms with van der Waals surface area (Å²) in [6.45, 7) is 3.78. The van der Waals surface area contributed by atoms with Crippen LogP contribution in [0.4, 0.5) is 5.69 Å². The second-order valence-electron chi connectivity index (χ2n) is 8.48. The molecule has 1 fully saturated rings. The van der Waals surface area contributed by atoms with Crippen LogP contribution in [0.25, 0.3) is 5.76 Å². The molecular formula is C29H26ClNO7. The lowest BCUT2D eigenvalue weighted by molar-refractivity contribution is -0.132. The first-order chi connectivity index (χ1) is 18.2. The van der Waals surface area contributed by atoms with Gasteiger partial charge in [0.1, 0.15) is 17.3 Å². The second kappa shape index (κ2) is 11.0. The Kier molecular flexibility index (Phi) is 7.73. The largest absolute Gasteiger partial charge is 0.507 e. The van der Waals surface area contributed by atoms with E-state index in [2.05, 4.69) is 0 Å². The zero-order chi connectivity index (χ0) is 27.6. The number of methoxy groups -OCH3 is 2. The van der Waals surface area contributed by atoms with E-state index in [4.69, 9.17) is 25.8 Å². The second-order valence-corrected chi connectivity index (χ2v) is 8.89. The summed E-state index contributed by atoms with van der Waals surface area (Å²) in [7, 11) is 2.85. The van der Waals surface area contributed by atoms with E-state index in [-0.39, 0.29) is 28.5 Å². The maximum atomic E-state index is 13.5. The highest BCUT2D eigenvalue weighted by molar-refractivity contribution is 6.51. The number of benzene rings is 3. The van der Waals surface area contributed by atoms with Crippen molar-refractivity contribution in [2.45, 2.75) is 19.9 Å². The van der Waals surface area contributed by atoms with Crippen LogP contribution >= 0.6 is 11.6 Å². The van der Waals surface area contributed by atoms with Gasteiger partial charge < -0.3 is 19.3 Å². The molecule has 38 heavy (non-hydrogen) atoms. The van der Waals surface area contributed by atoms with E-state index in [9.17, 15) is 19.5 Å². The van der Waals surface area contributed by atoms with Gasteiger partial charge in [-0.15, -0.1) is 0 Å². The van der Waals surface area contributed by atoms with Gasteiger partial charge in [-0.1, -0.05) is 35.9 Å². The number of anilines is 1. The molecule has 9 heteroatoms. The minimum Gasteiger partial charge on any atom is -0.507 e. The van der Waals surface area contributed by atoms with Gasteiger partial charge in [0.15, 0.2) is 0 Å². The third-order valence-corrected chi connectivity index (χ3v) is 6.61. The third-order valence-electron chi connectivity index (χ3n) is 6.31. The van der Waals surface area contributed by atoms with Crippen molar-refractivity contribution in [1.29, 1.82) is 0 Å². The fourth-order valence-corrected chi connectivity index (χ4v) is 4.69. The Hall–Kier alpha value is -4.30. The first-order valence-corrected chi connectivity index (χ1v) is 12.2. The summed E-state index contributed by atoms with van der Waals surface area (Å²) in [5.41, 5.74) is 2.12. The molecule has 1 saturated heterocycles. The molecule has 0 spiro atoms. The molecule has 1 unspecified atom stereocenters. The van der Waals surface area contributed by atoms with Gasteiger partial charge in [0.25, 0.3) is 11.7 Å². The highest BCUT2D eigenvalue weighted by Crippen LogP contribution is 2.45. The number of aliphatic hydroxyl groups excluding tert-OH is 1.